The van der Waals surface area contributed by atoms with Gasteiger partial charge in [0.15, 0.2) is 0 Å². The lowest BCUT2D eigenvalue weighted by Gasteiger charge is -2.17. The summed E-state index contributed by atoms with van der Waals surface area (Å²) in [4.78, 5) is 0. The lowest BCUT2D eigenvalue weighted by Crippen LogP contribution is -2.34. The van der Waals surface area contributed by atoms with Gasteiger partial charge in [-0.25, -0.2) is 8.42 Å². The van der Waals surface area contributed by atoms with Gasteiger partial charge in [0.25, 0.3) is 0 Å². The Morgan fingerprint density at radius 2 is 2.07 bits per heavy atom. The summed E-state index contributed by atoms with van der Waals surface area (Å²) in [6, 6.07) is 1.83. The second-order valence-corrected chi connectivity index (χ2v) is 5.41. The quantitative estimate of drug-likeness (QED) is 0.604. The number of rotatable bonds is 7. The van der Waals surface area contributed by atoms with Crippen LogP contribution >= 0.6 is 0 Å². The molecule has 0 rings (SSSR count). The van der Waals surface area contributed by atoms with Crippen molar-refractivity contribution in [3.8, 4) is 6.07 Å². The zero-order chi connectivity index (χ0) is 11.9. The van der Waals surface area contributed by atoms with Gasteiger partial charge in [0.05, 0.1) is 24.5 Å². The molecule has 0 fully saturated rings. The van der Waals surface area contributed by atoms with E-state index >= 15 is 0 Å². The van der Waals surface area contributed by atoms with Gasteiger partial charge in [-0.05, 0) is 13.8 Å². The summed E-state index contributed by atoms with van der Waals surface area (Å²) in [6.07, 6.45) is 0.0197. The van der Waals surface area contributed by atoms with E-state index in [-0.39, 0.29) is 25.0 Å². The zero-order valence-electron chi connectivity index (χ0n) is 9.43. The number of sulfonamides is 1. The molecule has 0 N–H and O–H groups in total. The fourth-order valence-electron chi connectivity index (χ4n) is 1.00. The maximum Gasteiger partial charge on any atom is 0.217 e. The standard InChI is InChI=1S/C9H18N2O3S/c1-4-11(6-5-10)15(12,13)8-7-14-9(2)3/h9H,4,6-8H2,1-3H3. The van der Waals surface area contributed by atoms with Gasteiger partial charge in [0.1, 0.15) is 6.54 Å². The third-order valence-electron chi connectivity index (χ3n) is 1.79. The lowest BCUT2D eigenvalue weighted by atomic mass is 10.5. The van der Waals surface area contributed by atoms with Crippen molar-refractivity contribution in [2.75, 3.05) is 25.4 Å². The van der Waals surface area contributed by atoms with Gasteiger partial charge in [-0.3, -0.25) is 0 Å². The second-order valence-electron chi connectivity index (χ2n) is 3.32. The number of nitriles is 1. The maximum atomic E-state index is 11.6. The van der Waals surface area contributed by atoms with Crippen LogP contribution in [0.4, 0.5) is 0 Å². The average molecular weight is 234 g/mol. The lowest BCUT2D eigenvalue weighted by molar-refractivity contribution is 0.0907. The summed E-state index contributed by atoms with van der Waals surface area (Å²) in [6.45, 7) is 5.79. The van der Waals surface area contributed by atoms with Crippen molar-refractivity contribution in [3.63, 3.8) is 0 Å². The third-order valence-corrected chi connectivity index (χ3v) is 3.64. The average Bonchev–Trinajstić information content (AvgIpc) is 2.12. The van der Waals surface area contributed by atoms with Crippen molar-refractivity contribution < 1.29 is 13.2 Å². The monoisotopic (exact) mass is 234 g/mol. The van der Waals surface area contributed by atoms with Gasteiger partial charge in [-0.2, -0.15) is 9.57 Å². The van der Waals surface area contributed by atoms with E-state index in [1.54, 1.807) is 6.92 Å². The van der Waals surface area contributed by atoms with E-state index < -0.39 is 10.0 Å². The Bertz CT molecular complexity index is 306. The number of hydrogen-bond donors (Lipinski definition) is 0. The van der Waals surface area contributed by atoms with Crippen molar-refractivity contribution in [1.82, 2.24) is 4.31 Å². The van der Waals surface area contributed by atoms with Crippen LogP contribution in [-0.2, 0) is 14.8 Å². The van der Waals surface area contributed by atoms with Crippen LogP contribution in [0.15, 0.2) is 0 Å². The highest BCUT2D eigenvalue weighted by atomic mass is 32.2. The van der Waals surface area contributed by atoms with E-state index in [2.05, 4.69) is 0 Å². The Morgan fingerprint density at radius 3 is 2.47 bits per heavy atom. The van der Waals surface area contributed by atoms with E-state index in [1.165, 1.54) is 0 Å². The smallest absolute Gasteiger partial charge is 0.217 e. The molecule has 6 heteroatoms. The summed E-state index contributed by atoms with van der Waals surface area (Å²) in [5.74, 6) is -0.0687. The van der Waals surface area contributed by atoms with Crippen molar-refractivity contribution in [1.29, 1.82) is 5.26 Å². The minimum atomic E-state index is -3.34. The summed E-state index contributed by atoms with van der Waals surface area (Å²) in [5, 5.41) is 8.46. The van der Waals surface area contributed by atoms with Crippen LogP contribution in [0.25, 0.3) is 0 Å². The molecular formula is C9H18N2O3S. The molecule has 0 bridgehead atoms. The highest BCUT2D eigenvalue weighted by Crippen LogP contribution is 2.01. The molecule has 5 nitrogen and oxygen atoms in total. The molecule has 0 saturated heterocycles. The molecule has 0 radical (unpaired) electrons. The predicted octanol–water partition coefficient (Wildman–Crippen LogP) is 0.587. The van der Waals surface area contributed by atoms with E-state index in [1.807, 2.05) is 19.9 Å². The van der Waals surface area contributed by atoms with E-state index in [0.717, 1.165) is 4.31 Å². The van der Waals surface area contributed by atoms with Crippen LogP contribution in [0.2, 0.25) is 0 Å². The summed E-state index contributed by atoms with van der Waals surface area (Å²) < 4.78 is 29.6. The van der Waals surface area contributed by atoms with Crippen LogP contribution < -0.4 is 0 Å². The molecular weight excluding hydrogens is 216 g/mol. The minimum Gasteiger partial charge on any atom is -0.378 e. The molecule has 0 aliphatic rings. The molecule has 0 saturated carbocycles. The fourth-order valence-corrected chi connectivity index (χ4v) is 2.22. The van der Waals surface area contributed by atoms with Gasteiger partial charge in [-0.15, -0.1) is 0 Å². The predicted molar refractivity (Wildman–Crippen MR) is 57.7 cm³/mol. The summed E-state index contributed by atoms with van der Waals surface area (Å²) in [7, 11) is -3.34. The first kappa shape index (κ1) is 14.4. The number of hydrogen-bond acceptors (Lipinski definition) is 4. The Labute approximate surface area is 91.7 Å². The molecule has 0 atom stereocenters. The third kappa shape index (κ3) is 5.72. The van der Waals surface area contributed by atoms with Crippen LogP contribution in [0.3, 0.4) is 0 Å². The van der Waals surface area contributed by atoms with Gasteiger partial charge in [-0.1, -0.05) is 6.92 Å². The van der Waals surface area contributed by atoms with Crippen molar-refractivity contribution >= 4 is 10.0 Å². The Morgan fingerprint density at radius 1 is 1.47 bits per heavy atom. The second kappa shape index (κ2) is 6.77. The molecule has 0 aromatic rings. The number of nitrogens with zero attached hydrogens (tertiary/aromatic N) is 2. The van der Waals surface area contributed by atoms with Crippen molar-refractivity contribution in [2.45, 2.75) is 26.9 Å². The van der Waals surface area contributed by atoms with Crippen LogP contribution in [0, 0.1) is 11.3 Å². The molecule has 15 heavy (non-hydrogen) atoms. The van der Waals surface area contributed by atoms with Gasteiger partial charge >= 0.3 is 0 Å². The van der Waals surface area contributed by atoms with Crippen LogP contribution in [0.1, 0.15) is 20.8 Å². The summed E-state index contributed by atoms with van der Waals surface area (Å²) in [5.41, 5.74) is 0. The first-order chi connectivity index (χ1) is 6.94. The molecule has 88 valence electrons. The molecule has 0 aliphatic carbocycles. The molecule has 0 amide bonds. The normalized spacial score (nSPS) is 12.0. The number of ether oxygens (including phenoxy) is 1. The topological polar surface area (TPSA) is 70.4 Å². The molecule has 0 unspecified atom stereocenters. The van der Waals surface area contributed by atoms with Gasteiger partial charge < -0.3 is 4.74 Å². The SMILES string of the molecule is CCN(CC#N)S(=O)(=O)CCOC(C)C. The maximum absolute atomic E-state index is 11.6. The highest BCUT2D eigenvalue weighted by Gasteiger charge is 2.19. The molecule has 0 aromatic heterocycles. The van der Waals surface area contributed by atoms with Crippen molar-refractivity contribution in [2.24, 2.45) is 0 Å². The van der Waals surface area contributed by atoms with Crippen molar-refractivity contribution in [3.05, 3.63) is 0 Å². The highest BCUT2D eigenvalue weighted by molar-refractivity contribution is 7.89. The Hall–Kier alpha value is -0.640. The fraction of sp³-hybridized carbons (Fsp3) is 0.889. The Balaban J connectivity index is 4.22. The van der Waals surface area contributed by atoms with E-state index in [0.29, 0.717) is 6.54 Å². The summed E-state index contributed by atoms with van der Waals surface area (Å²) >= 11 is 0. The van der Waals surface area contributed by atoms with Gasteiger partial charge in [0, 0.05) is 6.54 Å². The molecule has 0 spiro atoms. The zero-order valence-corrected chi connectivity index (χ0v) is 10.2. The van der Waals surface area contributed by atoms with E-state index in [9.17, 15) is 8.42 Å². The van der Waals surface area contributed by atoms with E-state index in [4.69, 9.17) is 10.00 Å². The first-order valence-corrected chi connectivity index (χ1v) is 6.51. The van der Waals surface area contributed by atoms with Crippen LogP contribution in [-0.4, -0.2) is 44.3 Å². The minimum absolute atomic E-state index is 0.0197. The molecule has 0 aromatic carbocycles. The first-order valence-electron chi connectivity index (χ1n) is 4.90. The molecule has 0 aliphatic heterocycles. The molecule has 0 heterocycles. The largest absolute Gasteiger partial charge is 0.378 e. The van der Waals surface area contributed by atoms with Crippen LogP contribution in [0.5, 0.6) is 0 Å². The van der Waals surface area contributed by atoms with Gasteiger partial charge in [0.2, 0.25) is 10.0 Å². The Kier molecular flexibility index (Phi) is 6.48.